The van der Waals surface area contributed by atoms with Crippen LogP contribution in [0.1, 0.15) is 26.7 Å². The number of para-hydroxylation sites is 1. The van der Waals surface area contributed by atoms with Crippen LogP contribution in [0, 0.1) is 5.82 Å². The predicted molar refractivity (Wildman–Crippen MR) is 64.3 cm³/mol. The summed E-state index contributed by atoms with van der Waals surface area (Å²) in [6.45, 7) is 5.62. The van der Waals surface area contributed by atoms with E-state index in [1.807, 2.05) is 0 Å². The van der Waals surface area contributed by atoms with Crippen LogP contribution in [-0.4, -0.2) is 19.2 Å². The first-order valence-electron chi connectivity index (χ1n) is 5.88. The van der Waals surface area contributed by atoms with Crippen molar-refractivity contribution in [3.05, 3.63) is 30.1 Å². The summed E-state index contributed by atoms with van der Waals surface area (Å²) in [7, 11) is 0. The average molecular weight is 225 g/mol. The molecule has 0 aromatic heterocycles. The van der Waals surface area contributed by atoms with Crippen molar-refractivity contribution >= 4 is 0 Å². The standard InChI is InChI=1S/C13H20FNO/c1-3-7-11(15-4-2)10-16-13-9-6-5-8-12(13)14/h5-6,8-9,11,15H,3-4,7,10H2,1-2H3. The van der Waals surface area contributed by atoms with Gasteiger partial charge >= 0.3 is 0 Å². The van der Waals surface area contributed by atoms with Crippen LogP contribution in [0.3, 0.4) is 0 Å². The molecule has 0 heterocycles. The van der Waals surface area contributed by atoms with E-state index in [2.05, 4.69) is 19.2 Å². The molecule has 1 unspecified atom stereocenters. The number of rotatable bonds is 7. The maximum Gasteiger partial charge on any atom is 0.165 e. The van der Waals surface area contributed by atoms with Gasteiger partial charge in [0.2, 0.25) is 0 Å². The second-order valence-electron chi connectivity index (χ2n) is 3.78. The van der Waals surface area contributed by atoms with Crippen molar-refractivity contribution in [3.8, 4) is 5.75 Å². The van der Waals surface area contributed by atoms with Crippen LogP contribution >= 0.6 is 0 Å². The summed E-state index contributed by atoms with van der Waals surface area (Å²) in [5.74, 6) is 0.0377. The number of ether oxygens (including phenoxy) is 1. The number of hydrogen-bond acceptors (Lipinski definition) is 2. The van der Waals surface area contributed by atoms with Crippen molar-refractivity contribution in [1.29, 1.82) is 0 Å². The Kier molecular flexibility index (Phi) is 5.86. The minimum Gasteiger partial charge on any atom is -0.489 e. The maximum atomic E-state index is 13.3. The van der Waals surface area contributed by atoms with Gasteiger partial charge in [0.1, 0.15) is 6.61 Å². The normalized spacial score (nSPS) is 12.4. The number of benzene rings is 1. The third-order valence-electron chi connectivity index (χ3n) is 2.41. The lowest BCUT2D eigenvalue weighted by atomic mass is 10.2. The van der Waals surface area contributed by atoms with Crippen LogP contribution in [0.4, 0.5) is 4.39 Å². The molecule has 0 radical (unpaired) electrons. The largest absolute Gasteiger partial charge is 0.489 e. The molecule has 16 heavy (non-hydrogen) atoms. The molecule has 0 saturated heterocycles. The third-order valence-corrected chi connectivity index (χ3v) is 2.41. The van der Waals surface area contributed by atoms with Crippen molar-refractivity contribution in [3.63, 3.8) is 0 Å². The first-order chi connectivity index (χ1) is 7.77. The van der Waals surface area contributed by atoms with E-state index in [-0.39, 0.29) is 5.82 Å². The van der Waals surface area contributed by atoms with Gasteiger partial charge in [0, 0.05) is 6.04 Å². The van der Waals surface area contributed by atoms with E-state index in [9.17, 15) is 4.39 Å². The second kappa shape index (κ2) is 7.23. The molecule has 1 rings (SSSR count). The van der Waals surface area contributed by atoms with E-state index >= 15 is 0 Å². The monoisotopic (exact) mass is 225 g/mol. The molecule has 0 saturated carbocycles. The minimum atomic E-state index is -0.297. The molecule has 1 aromatic carbocycles. The van der Waals surface area contributed by atoms with E-state index in [1.54, 1.807) is 18.2 Å². The molecule has 0 spiro atoms. The van der Waals surface area contributed by atoms with Gasteiger partial charge in [0.15, 0.2) is 11.6 Å². The Balaban J connectivity index is 2.45. The fourth-order valence-corrected chi connectivity index (χ4v) is 1.63. The van der Waals surface area contributed by atoms with Gasteiger partial charge in [-0.1, -0.05) is 32.4 Å². The molecular weight excluding hydrogens is 205 g/mol. The van der Waals surface area contributed by atoms with Gasteiger partial charge in [-0.05, 0) is 25.1 Å². The van der Waals surface area contributed by atoms with Gasteiger partial charge in [-0.25, -0.2) is 4.39 Å². The maximum absolute atomic E-state index is 13.3. The summed E-state index contributed by atoms with van der Waals surface area (Å²) in [5.41, 5.74) is 0. The lowest BCUT2D eigenvalue weighted by Crippen LogP contribution is -2.34. The Bertz CT molecular complexity index is 298. The highest BCUT2D eigenvalue weighted by molar-refractivity contribution is 5.23. The molecular formula is C13H20FNO. The van der Waals surface area contributed by atoms with Crippen LogP contribution in [0.2, 0.25) is 0 Å². The van der Waals surface area contributed by atoms with Crippen molar-refractivity contribution in [2.45, 2.75) is 32.7 Å². The molecule has 0 amide bonds. The van der Waals surface area contributed by atoms with E-state index < -0.39 is 0 Å². The van der Waals surface area contributed by atoms with Gasteiger partial charge < -0.3 is 10.1 Å². The second-order valence-corrected chi connectivity index (χ2v) is 3.78. The van der Waals surface area contributed by atoms with Crippen molar-refractivity contribution in [2.75, 3.05) is 13.2 Å². The molecule has 90 valence electrons. The molecule has 0 fully saturated rings. The number of halogens is 1. The van der Waals surface area contributed by atoms with E-state index in [0.29, 0.717) is 18.4 Å². The molecule has 1 aromatic rings. The average Bonchev–Trinajstić information content (AvgIpc) is 2.28. The van der Waals surface area contributed by atoms with Crippen LogP contribution in [0.5, 0.6) is 5.75 Å². The Morgan fingerprint density at radius 1 is 1.31 bits per heavy atom. The first-order valence-corrected chi connectivity index (χ1v) is 5.88. The Labute approximate surface area is 96.8 Å². The van der Waals surface area contributed by atoms with Crippen LogP contribution in [-0.2, 0) is 0 Å². The Hall–Kier alpha value is -1.09. The lowest BCUT2D eigenvalue weighted by Gasteiger charge is -2.17. The zero-order chi connectivity index (χ0) is 11.8. The minimum absolute atomic E-state index is 0.297. The number of nitrogens with one attached hydrogen (secondary N) is 1. The van der Waals surface area contributed by atoms with E-state index in [1.165, 1.54) is 6.07 Å². The molecule has 1 atom stereocenters. The van der Waals surface area contributed by atoms with Gasteiger partial charge in [-0.15, -0.1) is 0 Å². The van der Waals surface area contributed by atoms with Gasteiger partial charge in [-0.3, -0.25) is 0 Å². The highest BCUT2D eigenvalue weighted by Crippen LogP contribution is 2.15. The topological polar surface area (TPSA) is 21.3 Å². The highest BCUT2D eigenvalue weighted by Gasteiger charge is 2.08. The van der Waals surface area contributed by atoms with Crippen LogP contribution in [0.25, 0.3) is 0 Å². The summed E-state index contributed by atoms with van der Waals surface area (Å²) in [6, 6.07) is 6.81. The molecule has 0 aliphatic heterocycles. The van der Waals surface area contributed by atoms with Gasteiger partial charge in [-0.2, -0.15) is 0 Å². The summed E-state index contributed by atoms with van der Waals surface area (Å²) in [4.78, 5) is 0. The fraction of sp³-hybridized carbons (Fsp3) is 0.538. The van der Waals surface area contributed by atoms with Crippen LogP contribution < -0.4 is 10.1 Å². The van der Waals surface area contributed by atoms with Gasteiger partial charge in [0.05, 0.1) is 0 Å². The molecule has 0 bridgehead atoms. The number of likely N-dealkylation sites (N-methyl/N-ethyl adjacent to an activating group) is 1. The fourth-order valence-electron chi connectivity index (χ4n) is 1.63. The Morgan fingerprint density at radius 3 is 2.69 bits per heavy atom. The van der Waals surface area contributed by atoms with Crippen molar-refractivity contribution in [1.82, 2.24) is 5.32 Å². The summed E-state index contributed by atoms with van der Waals surface area (Å²) in [5, 5.41) is 3.33. The third kappa shape index (κ3) is 4.19. The van der Waals surface area contributed by atoms with Crippen LogP contribution in [0.15, 0.2) is 24.3 Å². The highest BCUT2D eigenvalue weighted by atomic mass is 19.1. The summed E-state index contributed by atoms with van der Waals surface area (Å²) in [6.07, 6.45) is 2.14. The molecule has 2 nitrogen and oxygen atoms in total. The quantitative estimate of drug-likeness (QED) is 0.770. The zero-order valence-electron chi connectivity index (χ0n) is 10.0. The SMILES string of the molecule is CCCC(COc1ccccc1F)NCC. The first kappa shape index (κ1) is 13.0. The molecule has 3 heteroatoms. The lowest BCUT2D eigenvalue weighted by molar-refractivity contribution is 0.248. The molecule has 1 N–H and O–H groups in total. The summed E-state index contributed by atoms with van der Waals surface area (Å²) < 4.78 is 18.7. The van der Waals surface area contributed by atoms with Gasteiger partial charge in [0.25, 0.3) is 0 Å². The Morgan fingerprint density at radius 2 is 2.06 bits per heavy atom. The number of hydrogen-bond donors (Lipinski definition) is 1. The zero-order valence-corrected chi connectivity index (χ0v) is 10.0. The summed E-state index contributed by atoms with van der Waals surface area (Å²) >= 11 is 0. The molecule has 0 aliphatic rings. The molecule has 0 aliphatic carbocycles. The van der Waals surface area contributed by atoms with Crippen molar-refractivity contribution < 1.29 is 9.13 Å². The van der Waals surface area contributed by atoms with Crippen molar-refractivity contribution in [2.24, 2.45) is 0 Å². The smallest absolute Gasteiger partial charge is 0.165 e. The van der Waals surface area contributed by atoms with E-state index in [0.717, 1.165) is 19.4 Å². The predicted octanol–water partition coefficient (Wildman–Crippen LogP) is 2.98. The van der Waals surface area contributed by atoms with E-state index in [4.69, 9.17) is 4.74 Å².